The summed E-state index contributed by atoms with van der Waals surface area (Å²) in [6.07, 6.45) is 5.12. The van der Waals surface area contributed by atoms with Crippen molar-refractivity contribution in [2.75, 3.05) is 24.5 Å². The lowest BCUT2D eigenvalue weighted by Crippen LogP contribution is -2.41. The predicted molar refractivity (Wildman–Crippen MR) is 82.7 cm³/mol. The summed E-state index contributed by atoms with van der Waals surface area (Å²) in [5.74, 6) is 0.808. The van der Waals surface area contributed by atoms with Crippen LogP contribution >= 0.6 is 0 Å². The van der Waals surface area contributed by atoms with E-state index in [0.717, 1.165) is 31.7 Å². The first-order valence-electron chi connectivity index (χ1n) is 7.56. The summed E-state index contributed by atoms with van der Waals surface area (Å²) < 4.78 is 4.67. The van der Waals surface area contributed by atoms with Crippen LogP contribution in [0.4, 0.5) is 5.82 Å². The van der Waals surface area contributed by atoms with E-state index in [4.69, 9.17) is 0 Å². The third-order valence-corrected chi connectivity index (χ3v) is 3.95. The molecule has 1 fully saturated rings. The number of carbonyl (C=O) groups is 1. The summed E-state index contributed by atoms with van der Waals surface area (Å²) in [4.78, 5) is 18.4. The van der Waals surface area contributed by atoms with Crippen LogP contribution in [0, 0.1) is 17.2 Å². The van der Waals surface area contributed by atoms with E-state index in [1.807, 2.05) is 0 Å². The van der Waals surface area contributed by atoms with E-state index in [1.165, 1.54) is 12.3 Å². The molecule has 7 heteroatoms. The third kappa shape index (κ3) is 3.48. The molecule has 2 aromatic heterocycles. The molecule has 1 aliphatic rings. The topological polar surface area (TPSA) is 95.1 Å². The molecule has 3 heterocycles. The molecule has 23 heavy (non-hydrogen) atoms. The molecule has 3 rings (SSSR count). The highest BCUT2D eigenvalue weighted by molar-refractivity contribution is 5.91. The largest absolute Gasteiger partial charge is 0.364 e. The van der Waals surface area contributed by atoms with E-state index < -0.39 is 0 Å². The highest BCUT2D eigenvalue weighted by Crippen LogP contribution is 2.23. The zero-order chi connectivity index (χ0) is 16.1. The molecule has 0 aromatic carbocycles. The fourth-order valence-corrected chi connectivity index (χ4v) is 2.82. The van der Waals surface area contributed by atoms with Crippen molar-refractivity contribution < 1.29 is 9.32 Å². The fourth-order valence-electron chi connectivity index (χ4n) is 2.82. The number of aromatic nitrogens is 2. The maximum Gasteiger partial charge on any atom is 0.273 e. The minimum atomic E-state index is -0.230. The molecule has 0 radical (unpaired) electrons. The Morgan fingerprint density at radius 1 is 1.52 bits per heavy atom. The Balaban J connectivity index is 1.60. The van der Waals surface area contributed by atoms with Crippen LogP contribution in [-0.4, -0.2) is 35.7 Å². The quantitative estimate of drug-likeness (QED) is 0.921. The van der Waals surface area contributed by atoms with Gasteiger partial charge in [0.2, 0.25) is 0 Å². The molecular weight excluding hydrogens is 294 g/mol. The first-order valence-corrected chi connectivity index (χ1v) is 7.56. The van der Waals surface area contributed by atoms with Crippen molar-refractivity contribution in [2.45, 2.75) is 12.8 Å². The summed E-state index contributed by atoms with van der Waals surface area (Å²) in [7, 11) is 0. The van der Waals surface area contributed by atoms with E-state index in [-0.39, 0.29) is 11.6 Å². The first-order chi connectivity index (χ1) is 11.3. The molecule has 1 amide bonds. The van der Waals surface area contributed by atoms with E-state index in [0.29, 0.717) is 18.0 Å². The van der Waals surface area contributed by atoms with E-state index in [2.05, 4.69) is 30.9 Å². The molecule has 0 spiro atoms. The van der Waals surface area contributed by atoms with Crippen molar-refractivity contribution in [1.82, 2.24) is 15.5 Å². The fraction of sp³-hybridized carbons (Fsp3) is 0.375. The molecule has 118 valence electrons. The lowest BCUT2D eigenvalue weighted by Gasteiger charge is -2.34. The number of amides is 1. The number of nitrogens with zero attached hydrogens (tertiary/aromatic N) is 4. The molecular formula is C16H17N5O2. The van der Waals surface area contributed by atoms with Crippen LogP contribution < -0.4 is 10.2 Å². The summed E-state index contributed by atoms with van der Waals surface area (Å²) >= 11 is 0. The minimum Gasteiger partial charge on any atom is -0.364 e. The molecule has 2 aromatic rings. The van der Waals surface area contributed by atoms with Gasteiger partial charge in [-0.2, -0.15) is 5.26 Å². The van der Waals surface area contributed by atoms with Crippen molar-refractivity contribution in [2.24, 2.45) is 5.92 Å². The number of piperidine rings is 1. The highest BCUT2D eigenvalue weighted by Gasteiger charge is 2.23. The van der Waals surface area contributed by atoms with Gasteiger partial charge in [-0.25, -0.2) is 4.98 Å². The van der Waals surface area contributed by atoms with Crippen LogP contribution in [0.1, 0.15) is 28.9 Å². The second-order valence-electron chi connectivity index (χ2n) is 5.54. The van der Waals surface area contributed by atoms with Gasteiger partial charge in [-0.15, -0.1) is 0 Å². The van der Waals surface area contributed by atoms with Gasteiger partial charge in [-0.05, 0) is 30.9 Å². The minimum absolute atomic E-state index is 0.230. The summed E-state index contributed by atoms with van der Waals surface area (Å²) in [5, 5.41) is 15.7. The molecule has 1 aliphatic heterocycles. The molecule has 7 nitrogen and oxygen atoms in total. The van der Waals surface area contributed by atoms with Crippen molar-refractivity contribution in [1.29, 1.82) is 5.26 Å². The van der Waals surface area contributed by atoms with Gasteiger partial charge in [-0.3, -0.25) is 4.79 Å². The molecule has 1 unspecified atom stereocenters. The van der Waals surface area contributed by atoms with Gasteiger partial charge >= 0.3 is 0 Å². The van der Waals surface area contributed by atoms with Crippen molar-refractivity contribution >= 4 is 11.7 Å². The maximum absolute atomic E-state index is 11.9. The second-order valence-corrected chi connectivity index (χ2v) is 5.54. The summed E-state index contributed by atoms with van der Waals surface area (Å²) in [6.45, 7) is 2.21. The van der Waals surface area contributed by atoms with Crippen LogP contribution in [0.3, 0.4) is 0 Å². The lowest BCUT2D eigenvalue weighted by atomic mass is 9.97. The third-order valence-electron chi connectivity index (χ3n) is 3.95. The predicted octanol–water partition coefficient (Wildman–Crippen LogP) is 1.59. The number of nitriles is 1. The van der Waals surface area contributed by atoms with Gasteiger partial charge in [-0.1, -0.05) is 5.16 Å². The summed E-state index contributed by atoms with van der Waals surface area (Å²) in [6, 6.07) is 7.26. The van der Waals surface area contributed by atoms with Crippen molar-refractivity contribution in [3.05, 3.63) is 41.9 Å². The molecule has 1 saturated heterocycles. The van der Waals surface area contributed by atoms with Crippen LogP contribution in [0.15, 0.2) is 35.2 Å². The number of anilines is 1. The van der Waals surface area contributed by atoms with Crippen LogP contribution in [-0.2, 0) is 0 Å². The number of carbonyl (C=O) groups excluding carboxylic acids is 1. The highest BCUT2D eigenvalue weighted by atomic mass is 16.5. The lowest BCUT2D eigenvalue weighted by molar-refractivity contribution is 0.0936. The van der Waals surface area contributed by atoms with E-state index in [1.54, 1.807) is 18.3 Å². The Bertz CT molecular complexity index is 708. The number of nitrogens with one attached hydrogen (secondary N) is 1. The van der Waals surface area contributed by atoms with Crippen molar-refractivity contribution in [3.8, 4) is 6.07 Å². The Kier molecular flexibility index (Phi) is 4.52. The molecule has 0 bridgehead atoms. The first kappa shape index (κ1) is 15.0. The van der Waals surface area contributed by atoms with Gasteiger partial charge in [0.1, 0.15) is 18.2 Å². The van der Waals surface area contributed by atoms with Gasteiger partial charge in [0.15, 0.2) is 5.69 Å². The van der Waals surface area contributed by atoms with E-state index >= 15 is 0 Å². The number of hydrogen-bond donors (Lipinski definition) is 1. The van der Waals surface area contributed by atoms with Gasteiger partial charge in [0, 0.05) is 31.9 Å². The monoisotopic (exact) mass is 311 g/mol. The van der Waals surface area contributed by atoms with Gasteiger partial charge in [0.25, 0.3) is 5.91 Å². The normalized spacial score (nSPS) is 17.5. The maximum atomic E-state index is 11.9. The van der Waals surface area contributed by atoms with Crippen LogP contribution in [0.5, 0.6) is 0 Å². The van der Waals surface area contributed by atoms with Gasteiger partial charge < -0.3 is 14.7 Å². The van der Waals surface area contributed by atoms with Gasteiger partial charge in [0.05, 0.1) is 5.56 Å². The Hall–Kier alpha value is -2.88. The molecule has 0 aliphatic carbocycles. The smallest absolute Gasteiger partial charge is 0.273 e. The standard InChI is InChI=1S/C16H17N5O2/c17-9-13-4-1-6-18-15(13)21-7-2-3-12(11-21)10-19-16(22)14-5-8-23-20-14/h1,4-6,8,12H,2-3,7,10-11H2,(H,19,22). The molecule has 1 N–H and O–H groups in total. The second kappa shape index (κ2) is 6.92. The average molecular weight is 311 g/mol. The average Bonchev–Trinajstić information content (AvgIpc) is 3.14. The van der Waals surface area contributed by atoms with Crippen LogP contribution in [0.25, 0.3) is 0 Å². The Morgan fingerprint density at radius 2 is 2.43 bits per heavy atom. The molecule has 0 saturated carbocycles. The Labute approximate surface area is 133 Å². The number of hydrogen-bond acceptors (Lipinski definition) is 6. The number of pyridine rings is 1. The molecule has 1 atom stereocenters. The SMILES string of the molecule is N#Cc1cccnc1N1CCCC(CNC(=O)c2ccon2)C1. The number of rotatable bonds is 4. The summed E-state index contributed by atoms with van der Waals surface area (Å²) in [5.41, 5.74) is 0.869. The van der Waals surface area contributed by atoms with Crippen LogP contribution in [0.2, 0.25) is 0 Å². The zero-order valence-electron chi connectivity index (χ0n) is 12.6. The zero-order valence-corrected chi connectivity index (χ0v) is 12.6. The van der Waals surface area contributed by atoms with E-state index in [9.17, 15) is 10.1 Å². The Morgan fingerprint density at radius 3 is 3.22 bits per heavy atom. The van der Waals surface area contributed by atoms with Crippen molar-refractivity contribution in [3.63, 3.8) is 0 Å².